The zero-order chi connectivity index (χ0) is 18.2. The van der Waals surface area contributed by atoms with Crippen molar-refractivity contribution in [1.29, 1.82) is 0 Å². The van der Waals surface area contributed by atoms with E-state index in [1.807, 2.05) is 0 Å². The highest BCUT2D eigenvalue weighted by molar-refractivity contribution is 7.14. The molecule has 0 saturated carbocycles. The fraction of sp³-hybridized carbons (Fsp3) is 0.294. The molecule has 0 radical (unpaired) electrons. The Bertz CT molecular complexity index is 764. The number of esters is 1. The predicted octanol–water partition coefficient (Wildman–Crippen LogP) is 2.83. The van der Waals surface area contributed by atoms with E-state index in [2.05, 4.69) is 5.32 Å². The van der Waals surface area contributed by atoms with Crippen molar-refractivity contribution in [2.45, 2.75) is 26.3 Å². The van der Waals surface area contributed by atoms with Crippen LogP contribution in [0.25, 0.3) is 0 Å². The van der Waals surface area contributed by atoms with Gasteiger partial charge in [0.2, 0.25) is 11.7 Å². The number of carbonyl (C=O) groups excluding carboxylic acids is 4. The number of hydrogen-bond acceptors (Lipinski definition) is 7. The number of thiophene rings is 2. The molecule has 132 valence electrons. The number of ketones is 2. The zero-order valence-corrected chi connectivity index (χ0v) is 15.2. The Balaban J connectivity index is 1.73. The normalized spacial score (nSPS) is 10.3. The lowest BCUT2D eigenvalue weighted by Crippen LogP contribution is -2.18. The quantitative estimate of drug-likeness (QED) is 0.534. The molecular weight excluding hydrogens is 362 g/mol. The average Bonchev–Trinajstić information content (AvgIpc) is 3.27. The van der Waals surface area contributed by atoms with E-state index in [1.165, 1.54) is 29.6 Å². The number of carbonyl (C=O) groups is 4. The highest BCUT2D eigenvalue weighted by Crippen LogP contribution is 2.17. The van der Waals surface area contributed by atoms with Gasteiger partial charge in [-0.1, -0.05) is 6.07 Å². The molecule has 2 heterocycles. The van der Waals surface area contributed by atoms with Crippen LogP contribution in [0.2, 0.25) is 0 Å². The van der Waals surface area contributed by atoms with Crippen molar-refractivity contribution < 1.29 is 23.9 Å². The average molecular weight is 379 g/mol. The summed E-state index contributed by atoms with van der Waals surface area (Å²) in [4.78, 5) is 48.2. The van der Waals surface area contributed by atoms with Crippen LogP contribution in [0.1, 0.15) is 44.0 Å². The van der Waals surface area contributed by atoms with Crippen molar-refractivity contribution >= 4 is 46.1 Å². The lowest BCUT2D eigenvalue weighted by Gasteiger charge is -2.03. The SMILES string of the molecule is CC(=O)NCc1ccc(C(=O)COC(=O)CCC(=O)c2cccs2)s1. The topological polar surface area (TPSA) is 89.5 Å². The fourth-order valence-corrected chi connectivity index (χ4v) is 3.47. The maximum atomic E-state index is 12.0. The highest BCUT2D eigenvalue weighted by atomic mass is 32.1. The third-order valence-electron chi connectivity index (χ3n) is 3.16. The number of amides is 1. The Morgan fingerprint density at radius 2 is 1.84 bits per heavy atom. The zero-order valence-electron chi connectivity index (χ0n) is 13.6. The number of nitrogens with one attached hydrogen (secondary N) is 1. The Morgan fingerprint density at radius 1 is 1.04 bits per heavy atom. The van der Waals surface area contributed by atoms with Gasteiger partial charge in [-0.05, 0) is 23.6 Å². The summed E-state index contributed by atoms with van der Waals surface area (Å²) in [6.45, 7) is 1.42. The molecule has 2 aromatic heterocycles. The first-order valence-corrected chi connectivity index (χ1v) is 9.24. The largest absolute Gasteiger partial charge is 0.457 e. The van der Waals surface area contributed by atoms with Crippen LogP contribution in [-0.4, -0.2) is 30.0 Å². The molecule has 8 heteroatoms. The van der Waals surface area contributed by atoms with E-state index >= 15 is 0 Å². The van der Waals surface area contributed by atoms with Gasteiger partial charge >= 0.3 is 5.97 Å². The summed E-state index contributed by atoms with van der Waals surface area (Å²) in [6, 6.07) is 6.86. The van der Waals surface area contributed by atoms with Gasteiger partial charge in [-0.2, -0.15) is 0 Å². The first-order chi connectivity index (χ1) is 12.0. The molecule has 0 unspecified atom stereocenters. The van der Waals surface area contributed by atoms with E-state index < -0.39 is 5.97 Å². The Kier molecular flexibility index (Phi) is 7.03. The molecule has 2 aromatic rings. The maximum absolute atomic E-state index is 12.0. The minimum Gasteiger partial charge on any atom is -0.457 e. The molecule has 6 nitrogen and oxygen atoms in total. The summed E-state index contributed by atoms with van der Waals surface area (Å²) < 4.78 is 4.93. The molecule has 0 saturated heterocycles. The maximum Gasteiger partial charge on any atom is 0.306 e. The van der Waals surface area contributed by atoms with Gasteiger partial charge in [0.15, 0.2) is 12.4 Å². The minimum absolute atomic E-state index is 0.0533. The van der Waals surface area contributed by atoms with Crippen LogP contribution in [0, 0.1) is 0 Å². The van der Waals surface area contributed by atoms with E-state index in [0.29, 0.717) is 16.3 Å². The van der Waals surface area contributed by atoms with Crippen LogP contribution in [0.15, 0.2) is 29.6 Å². The molecule has 1 amide bonds. The van der Waals surface area contributed by atoms with Crippen molar-refractivity contribution in [2.24, 2.45) is 0 Å². The van der Waals surface area contributed by atoms with Crippen molar-refractivity contribution in [2.75, 3.05) is 6.61 Å². The second-order valence-electron chi connectivity index (χ2n) is 5.16. The van der Waals surface area contributed by atoms with E-state index in [9.17, 15) is 19.2 Å². The summed E-state index contributed by atoms with van der Waals surface area (Å²) in [5, 5.41) is 4.44. The van der Waals surface area contributed by atoms with E-state index in [-0.39, 0.29) is 36.9 Å². The molecule has 0 spiro atoms. The number of ether oxygens (including phenoxy) is 1. The van der Waals surface area contributed by atoms with Crippen LogP contribution in [0.4, 0.5) is 0 Å². The first kappa shape index (κ1) is 19.0. The molecule has 0 fully saturated rings. The summed E-state index contributed by atoms with van der Waals surface area (Å²) in [5.41, 5.74) is 0. The number of hydrogen-bond donors (Lipinski definition) is 1. The summed E-state index contributed by atoms with van der Waals surface area (Å²) in [6.07, 6.45) is 0.00956. The van der Waals surface area contributed by atoms with Crippen molar-refractivity contribution in [1.82, 2.24) is 5.32 Å². The molecule has 0 aliphatic rings. The van der Waals surface area contributed by atoms with E-state index in [0.717, 1.165) is 4.88 Å². The predicted molar refractivity (Wildman–Crippen MR) is 95.0 cm³/mol. The Morgan fingerprint density at radius 3 is 2.52 bits per heavy atom. The van der Waals surface area contributed by atoms with Crippen LogP contribution in [0.3, 0.4) is 0 Å². The fourth-order valence-electron chi connectivity index (χ4n) is 1.90. The van der Waals surface area contributed by atoms with E-state index in [4.69, 9.17) is 4.74 Å². The minimum atomic E-state index is -0.576. The second-order valence-corrected chi connectivity index (χ2v) is 7.28. The van der Waals surface area contributed by atoms with Crippen LogP contribution in [-0.2, 0) is 20.9 Å². The molecule has 0 bridgehead atoms. The molecule has 0 aliphatic heterocycles. The summed E-state index contributed by atoms with van der Waals surface area (Å²) >= 11 is 2.57. The summed E-state index contributed by atoms with van der Waals surface area (Å²) in [7, 11) is 0. The van der Waals surface area contributed by atoms with Gasteiger partial charge in [-0.3, -0.25) is 19.2 Å². The van der Waals surface area contributed by atoms with Gasteiger partial charge in [0.1, 0.15) is 0 Å². The van der Waals surface area contributed by atoms with Crippen LogP contribution >= 0.6 is 22.7 Å². The Hall–Kier alpha value is -2.32. The van der Waals surface area contributed by atoms with Crippen molar-refractivity contribution in [3.63, 3.8) is 0 Å². The molecular formula is C17H17NO5S2. The van der Waals surface area contributed by atoms with Gasteiger partial charge in [0, 0.05) is 18.2 Å². The lowest BCUT2D eigenvalue weighted by atomic mass is 10.2. The van der Waals surface area contributed by atoms with Gasteiger partial charge in [-0.25, -0.2) is 0 Å². The van der Waals surface area contributed by atoms with Gasteiger partial charge < -0.3 is 10.1 Å². The molecule has 2 rings (SSSR count). The third kappa shape index (κ3) is 6.24. The molecule has 0 atom stereocenters. The van der Waals surface area contributed by atoms with Gasteiger partial charge in [0.25, 0.3) is 0 Å². The molecule has 0 aliphatic carbocycles. The second kappa shape index (κ2) is 9.24. The number of Topliss-reactive ketones (excluding diaryl/α,β-unsaturated/α-hetero) is 2. The van der Waals surface area contributed by atoms with Gasteiger partial charge in [-0.15, -0.1) is 22.7 Å². The smallest absolute Gasteiger partial charge is 0.306 e. The molecule has 25 heavy (non-hydrogen) atoms. The molecule has 0 aromatic carbocycles. The lowest BCUT2D eigenvalue weighted by molar-refractivity contribution is -0.142. The first-order valence-electron chi connectivity index (χ1n) is 7.54. The van der Waals surface area contributed by atoms with Gasteiger partial charge in [0.05, 0.1) is 22.7 Å². The highest BCUT2D eigenvalue weighted by Gasteiger charge is 2.14. The Labute approximate surface area is 152 Å². The van der Waals surface area contributed by atoms with Crippen molar-refractivity contribution in [3.8, 4) is 0 Å². The summed E-state index contributed by atoms with van der Waals surface area (Å²) in [5.74, 6) is -1.14. The monoisotopic (exact) mass is 379 g/mol. The standard InChI is InChI=1S/C17H17NO5S2/c1-11(19)18-9-12-4-6-16(25-12)14(21)10-23-17(22)7-5-13(20)15-3-2-8-24-15/h2-4,6,8H,5,7,9-10H2,1H3,(H,18,19). The van der Waals surface area contributed by atoms with E-state index in [1.54, 1.807) is 29.6 Å². The van der Waals surface area contributed by atoms with Crippen LogP contribution < -0.4 is 5.32 Å². The molecule has 1 N–H and O–H groups in total. The van der Waals surface area contributed by atoms with Crippen molar-refractivity contribution in [3.05, 3.63) is 44.3 Å². The number of rotatable bonds is 9. The third-order valence-corrected chi connectivity index (χ3v) is 5.20. The van der Waals surface area contributed by atoms with Crippen LogP contribution in [0.5, 0.6) is 0 Å².